The van der Waals surface area contributed by atoms with Crippen molar-refractivity contribution in [2.45, 2.75) is 17.3 Å². The second-order valence-corrected chi connectivity index (χ2v) is 5.88. The van der Waals surface area contributed by atoms with Gasteiger partial charge in [-0.1, -0.05) is 23.9 Å². The monoisotopic (exact) mass is 284 g/mol. The molecule has 5 heteroatoms. The topological polar surface area (TPSA) is 67.6 Å². The van der Waals surface area contributed by atoms with Gasteiger partial charge in [0.2, 0.25) is 0 Å². The van der Waals surface area contributed by atoms with Crippen LogP contribution < -0.4 is 5.73 Å². The van der Waals surface area contributed by atoms with Gasteiger partial charge in [-0.05, 0) is 36.2 Å². The van der Waals surface area contributed by atoms with E-state index in [9.17, 15) is 0 Å². The molecule has 0 spiro atoms. The third-order valence-corrected chi connectivity index (χ3v) is 4.31. The number of imidazole rings is 1. The molecule has 3 aromatic rings. The van der Waals surface area contributed by atoms with Gasteiger partial charge in [0, 0.05) is 18.9 Å². The first kappa shape index (κ1) is 13.1. The van der Waals surface area contributed by atoms with E-state index in [2.05, 4.69) is 34.0 Å². The third kappa shape index (κ3) is 2.69. The van der Waals surface area contributed by atoms with Crippen LogP contribution in [0.25, 0.3) is 11.0 Å². The second kappa shape index (κ2) is 5.64. The number of aryl methyl sites for hydroxylation is 1. The fourth-order valence-corrected chi connectivity index (χ4v) is 3.07. The maximum atomic E-state index is 5.88. The van der Waals surface area contributed by atoms with Crippen LogP contribution in [0.4, 0.5) is 0 Å². The lowest BCUT2D eigenvalue weighted by atomic mass is 10.2. The van der Waals surface area contributed by atoms with E-state index in [1.165, 1.54) is 5.56 Å². The van der Waals surface area contributed by atoms with Crippen molar-refractivity contribution < 1.29 is 0 Å². The van der Waals surface area contributed by atoms with Crippen molar-refractivity contribution in [3.05, 3.63) is 53.9 Å². The molecule has 0 saturated carbocycles. The number of thioether (sulfide) groups is 1. The zero-order valence-corrected chi connectivity index (χ0v) is 12.0. The van der Waals surface area contributed by atoms with E-state index in [0.29, 0.717) is 6.54 Å². The van der Waals surface area contributed by atoms with Crippen LogP contribution in [0.5, 0.6) is 0 Å². The molecule has 0 aliphatic carbocycles. The highest BCUT2D eigenvalue weighted by atomic mass is 32.2. The summed E-state index contributed by atoms with van der Waals surface area (Å²) in [7, 11) is 0. The Morgan fingerprint density at radius 3 is 3.00 bits per heavy atom. The summed E-state index contributed by atoms with van der Waals surface area (Å²) >= 11 is 1.64. The van der Waals surface area contributed by atoms with E-state index < -0.39 is 0 Å². The molecule has 4 nitrogen and oxygen atoms in total. The summed E-state index contributed by atoms with van der Waals surface area (Å²) in [4.78, 5) is 12.1. The van der Waals surface area contributed by atoms with Crippen molar-refractivity contribution in [2.24, 2.45) is 5.73 Å². The van der Waals surface area contributed by atoms with Crippen molar-refractivity contribution in [1.29, 1.82) is 0 Å². The lowest BCUT2D eigenvalue weighted by molar-refractivity contribution is 0.921. The first-order valence-electron chi connectivity index (χ1n) is 6.49. The summed E-state index contributed by atoms with van der Waals surface area (Å²) in [6.45, 7) is 2.62. The molecule has 20 heavy (non-hydrogen) atoms. The Morgan fingerprint density at radius 2 is 2.25 bits per heavy atom. The van der Waals surface area contributed by atoms with Crippen molar-refractivity contribution in [3.63, 3.8) is 0 Å². The SMILES string of the molecule is Cc1ccc2nc(SC(CN)c3cccnc3)[nH]c2c1. The van der Waals surface area contributed by atoms with Gasteiger partial charge in [-0.25, -0.2) is 4.98 Å². The summed E-state index contributed by atoms with van der Waals surface area (Å²) in [5, 5.41) is 1.05. The van der Waals surface area contributed by atoms with E-state index >= 15 is 0 Å². The molecule has 2 aromatic heterocycles. The van der Waals surface area contributed by atoms with E-state index in [1.54, 1.807) is 18.0 Å². The van der Waals surface area contributed by atoms with Gasteiger partial charge < -0.3 is 10.7 Å². The summed E-state index contributed by atoms with van der Waals surface area (Å²) < 4.78 is 0. The molecule has 1 unspecified atom stereocenters. The maximum Gasteiger partial charge on any atom is 0.167 e. The number of rotatable bonds is 4. The smallest absolute Gasteiger partial charge is 0.167 e. The minimum Gasteiger partial charge on any atom is -0.333 e. The number of nitrogens with zero attached hydrogens (tertiary/aromatic N) is 2. The summed E-state index contributed by atoms with van der Waals surface area (Å²) in [5.41, 5.74) is 10.3. The Hall–Kier alpha value is -1.85. The fourth-order valence-electron chi connectivity index (χ4n) is 2.11. The van der Waals surface area contributed by atoms with Gasteiger partial charge in [-0.3, -0.25) is 4.98 Å². The summed E-state index contributed by atoms with van der Waals surface area (Å²) in [5.74, 6) is 0. The number of nitrogens with two attached hydrogens (primary N) is 1. The average Bonchev–Trinajstić information content (AvgIpc) is 2.87. The van der Waals surface area contributed by atoms with E-state index in [1.807, 2.05) is 24.4 Å². The molecule has 0 aliphatic heterocycles. The summed E-state index contributed by atoms with van der Waals surface area (Å²) in [6, 6.07) is 10.2. The number of hydrogen-bond acceptors (Lipinski definition) is 4. The number of benzene rings is 1. The normalized spacial score (nSPS) is 12.7. The van der Waals surface area contributed by atoms with E-state index in [-0.39, 0.29) is 5.25 Å². The second-order valence-electron chi connectivity index (χ2n) is 4.69. The van der Waals surface area contributed by atoms with Gasteiger partial charge in [0.25, 0.3) is 0 Å². The molecular formula is C15H16N4S. The predicted molar refractivity (Wildman–Crippen MR) is 82.7 cm³/mol. The van der Waals surface area contributed by atoms with Crippen LogP contribution in [-0.2, 0) is 0 Å². The molecule has 1 atom stereocenters. The lowest BCUT2D eigenvalue weighted by Gasteiger charge is -2.12. The van der Waals surface area contributed by atoms with Gasteiger partial charge >= 0.3 is 0 Å². The molecule has 1 aromatic carbocycles. The molecule has 3 rings (SSSR count). The van der Waals surface area contributed by atoms with Crippen LogP contribution in [0, 0.1) is 6.92 Å². The van der Waals surface area contributed by atoms with Crippen molar-refractivity contribution in [2.75, 3.05) is 6.54 Å². The first-order valence-corrected chi connectivity index (χ1v) is 7.37. The third-order valence-electron chi connectivity index (χ3n) is 3.14. The molecule has 0 fully saturated rings. The highest BCUT2D eigenvalue weighted by Crippen LogP contribution is 2.33. The van der Waals surface area contributed by atoms with Gasteiger partial charge in [-0.2, -0.15) is 0 Å². The zero-order valence-electron chi connectivity index (χ0n) is 11.2. The Labute approximate surface area is 121 Å². The average molecular weight is 284 g/mol. The highest BCUT2D eigenvalue weighted by molar-refractivity contribution is 7.99. The summed E-state index contributed by atoms with van der Waals surface area (Å²) in [6.07, 6.45) is 3.63. The predicted octanol–water partition coefficient (Wildman–Crippen LogP) is 3.06. The molecule has 0 saturated heterocycles. The molecule has 0 bridgehead atoms. The van der Waals surface area contributed by atoms with Crippen LogP contribution in [0.3, 0.4) is 0 Å². The van der Waals surface area contributed by atoms with Gasteiger partial charge in [0.05, 0.1) is 16.3 Å². The molecular weight excluding hydrogens is 268 g/mol. The number of H-pyrrole nitrogens is 1. The number of aromatic nitrogens is 3. The van der Waals surface area contributed by atoms with Crippen molar-refractivity contribution >= 4 is 22.8 Å². The highest BCUT2D eigenvalue weighted by Gasteiger charge is 2.14. The van der Waals surface area contributed by atoms with Crippen LogP contribution in [-0.4, -0.2) is 21.5 Å². The standard InChI is InChI=1S/C15H16N4S/c1-10-4-5-12-13(7-10)19-15(18-12)20-14(8-16)11-3-2-6-17-9-11/h2-7,9,14H,8,16H2,1H3,(H,18,19). The minimum atomic E-state index is 0.158. The largest absolute Gasteiger partial charge is 0.333 e. The molecule has 2 heterocycles. The van der Waals surface area contributed by atoms with Gasteiger partial charge in [0.15, 0.2) is 5.16 Å². The number of pyridine rings is 1. The quantitative estimate of drug-likeness (QED) is 0.723. The fraction of sp³-hybridized carbons (Fsp3) is 0.200. The Kier molecular flexibility index (Phi) is 3.71. The van der Waals surface area contributed by atoms with E-state index in [0.717, 1.165) is 21.8 Å². The molecule has 0 radical (unpaired) electrons. The van der Waals surface area contributed by atoms with Crippen LogP contribution >= 0.6 is 11.8 Å². The maximum absolute atomic E-state index is 5.88. The van der Waals surface area contributed by atoms with E-state index in [4.69, 9.17) is 5.73 Å². The van der Waals surface area contributed by atoms with Crippen LogP contribution in [0.15, 0.2) is 47.9 Å². The van der Waals surface area contributed by atoms with Gasteiger partial charge in [0.1, 0.15) is 0 Å². The molecule has 3 N–H and O–H groups in total. The van der Waals surface area contributed by atoms with Crippen molar-refractivity contribution in [3.8, 4) is 0 Å². The van der Waals surface area contributed by atoms with Crippen LogP contribution in [0.1, 0.15) is 16.4 Å². The first-order chi connectivity index (χ1) is 9.76. The number of nitrogens with one attached hydrogen (secondary N) is 1. The zero-order chi connectivity index (χ0) is 13.9. The Balaban J connectivity index is 1.87. The molecule has 0 aliphatic rings. The van der Waals surface area contributed by atoms with Crippen molar-refractivity contribution in [1.82, 2.24) is 15.0 Å². The van der Waals surface area contributed by atoms with Gasteiger partial charge in [-0.15, -0.1) is 0 Å². The van der Waals surface area contributed by atoms with Crippen LogP contribution in [0.2, 0.25) is 0 Å². The number of aromatic amines is 1. The Bertz CT molecular complexity index is 708. The lowest BCUT2D eigenvalue weighted by Crippen LogP contribution is -2.09. The molecule has 0 amide bonds. The number of hydrogen-bond donors (Lipinski definition) is 2. The molecule has 102 valence electrons. The Morgan fingerprint density at radius 1 is 1.35 bits per heavy atom. The number of fused-ring (bicyclic) bond motifs is 1. The minimum absolute atomic E-state index is 0.158.